The lowest BCUT2D eigenvalue weighted by molar-refractivity contribution is -0.384. The number of piperidine rings is 1. The first-order valence-electron chi connectivity index (χ1n) is 10.3. The molecule has 1 aromatic heterocycles. The van der Waals surface area contributed by atoms with Crippen molar-refractivity contribution in [3.05, 3.63) is 69.9 Å². The van der Waals surface area contributed by atoms with E-state index in [1.54, 1.807) is 25.1 Å². The number of carbonyl (C=O) groups is 1. The van der Waals surface area contributed by atoms with Crippen molar-refractivity contribution in [1.29, 1.82) is 0 Å². The maximum atomic E-state index is 13.1. The van der Waals surface area contributed by atoms with Gasteiger partial charge in [0, 0.05) is 24.2 Å². The first-order valence-corrected chi connectivity index (χ1v) is 10.3. The van der Waals surface area contributed by atoms with E-state index in [4.69, 9.17) is 4.52 Å². The molecule has 10 heteroatoms. The summed E-state index contributed by atoms with van der Waals surface area (Å²) in [5, 5.41) is 17.8. The second-order valence-corrected chi connectivity index (χ2v) is 7.84. The molecule has 0 bridgehead atoms. The molecule has 166 valence electrons. The summed E-state index contributed by atoms with van der Waals surface area (Å²) in [6.45, 7) is 3.48. The van der Waals surface area contributed by atoms with Gasteiger partial charge in [0.2, 0.25) is 17.6 Å². The number of halogens is 1. The smallest absolute Gasteiger partial charge is 0.271 e. The van der Waals surface area contributed by atoms with Crippen LogP contribution >= 0.6 is 0 Å². The predicted octanol–water partition coefficient (Wildman–Crippen LogP) is 3.94. The lowest BCUT2D eigenvalue weighted by Gasteiger charge is -2.31. The number of nitrogens with zero attached hydrogens (tertiary/aromatic N) is 4. The second kappa shape index (κ2) is 9.23. The second-order valence-electron chi connectivity index (χ2n) is 7.84. The fourth-order valence-corrected chi connectivity index (χ4v) is 3.73. The van der Waals surface area contributed by atoms with E-state index >= 15 is 0 Å². The number of amides is 1. The molecule has 1 N–H and O–H groups in total. The van der Waals surface area contributed by atoms with Gasteiger partial charge >= 0.3 is 0 Å². The molecule has 0 saturated carbocycles. The maximum absolute atomic E-state index is 13.1. The monoisotopic (exact) mass is 439 g/mol. The zero-order chi connectivity index (χ0) is 22.7. The maximum Gasteiger partial charge on any atom is 0.271 e. The zero-order valence-corrected chi connectivity index (χ0v) is 17.5. The van der Waals surface area contributed by atoms with Crippen molar-refractivity contribution in [2.24, 2.45) is 5.92 Å². The summed E-state index contributed by atoms with van der Waals surface area (Å²) >= 11 is 0. The van der Waals surface area contributed by atoms with E-state index in [0.717, 1.165) is 24.9 Å². The minimum Gasteiger partial charge on any atom is -0.338 e. The van der Waals surface area contributed by atoms with Gasteiger partial charge in [-0.15, -0.1) is 0 Å². The van der Waals surface area contributed by atoms with Crippen molar-refractivity contribution in [3.63, 3.8) is 0 Å². The number of aryl methyl sites for hydroxylation is 1. The highest BCUT2D eigenvalue weighted by Gasteiger charge is 2.27. The first-order chi connectivity index (χ1) is 15.4. The van der Waals surface area contributed by atoms with E-state index in [2.05, 4.69) is 20.4 Å². The highest BCUT2D eigenvalue weighted by molar-refractivity contribution is 5.93. The average molecular weight is 439 g/mol. The number of hydrogen-bond acceptors (Lipinski definition) is 7. The van der Waals surface area contributed by atoms with Gasteiger partial charge in [-0.05, 0) is 56.1 Å². The van der Waals surface area contributed by atoms with Crippen LogP contribution in [0.1, 0.15) is 24.3 Å². The van der Waals surface area contributed by atoms with E-state index in [1.807, 2.05) is 0 Å². The molecule has 0 spiro atoms. The van der Waals surface area contributed by atoms with E-state index < -0.39 is 4.92 Å². The zero-order valence-electron chi connectivity index (χ0n) is 17.5. The number of nitrogens with one attached hydrogen (secondary N) is 1. The van der Waals surface area contributed by atoms with Gasteiger partial charge < -0.3 is 9.84 Å². The standard InChI is InChI=1S/C22H22FN5O4/c1-14-4-9-18(28(30)31)11-19(14)24-22(29)16-3-2-10-27(12-16)13-20-25-21(26-32-20)15-5-7-17(23)8-6-15/h4-9,11,16H,2-3,10,12-13H2,1H3,(H,24,29). The topological polar surface area (TPSA) is 114 Å². The Morgan fingerprint density at radius 1 is 1.31 bits per heavy atom. The molecular formula is C22H22FN5O4. The van der Waals surface area contributed by atoms with Crippen LogP contribution in [-0.4, -0.2) is 39.0 Å². The van der Waals surface area contributed by atoms with Crippen LogP contribution in [0.25, 0.3) is 11.4 Å². The minimum absolute atomic E-state index is 0.0653. The summed E-state index contributed by atoms with van der Waals surface area (Å²) in [4.78, 5) is 29.8. The van der Waals surface area contributed by atoms with Gasteiger partial charge in [0.25, 0.3) is 5.69 Å². The van der Waals surface area contributed by atoms with Gasteiger partial charge in [-0.25, -0.2) is 4.39 Å². The average Bonchev–Trinajstić information content (AvgIpc) is 3.24. The van der Waals surface area contributed by atoms with Gasteiger partial charge in [-0.3, -0.25) is 19.8 Å². The lowest BCUT2D eigenvalue weighted by atomic mass is 9.97. The molecule has 9 nitrogen and oxygen atoms in total. The number of hydrogen-bond donors (Lipinski definition) is 1. The molecule has 4 rings (SSSR count). The molecule has 0 radical (unpaired) electrons. The minimum atomic E-state index is -0.484. The summed E-state index contributed by atoms with van der Waals surface area (Å²) in [5.74, 6) is 0.0282. The molecule has 32 heavy (non-hydrogen) atoms. The number of rotatable bonds is 6. The van der Waals surface area contributed by atoms with Crippen molar-refractivity contribution >= 4 is 17.3 Å². The van der Waals surface area contributed by atoms with Crippen molar-refractivity contribution in [2.45, 2.75) is 26.3 Å². The van der Waals surface area contributed by atoms with Crippen molar-refractivity contribution in [3.8, 4) is 11.4 Å². The van der Waals surface area contributed by atoms with Crippen LogP contribution < -0.4 is 5.32 Å². The van der Waals surface area contributed by atoms with Crippen LogP contribution in [0.5, 0.6) is 0 Å². The van der Waals surface area contributed by atoms with Crippen LogP contribution in [0.15, 0.2) is 47.0 Å². The van der Waals surface area contributed by atoms with Crippen molar-refractivity contribution < 1.29 is 18.6 Å². The van der Waals surface area contributed by atoms with Crippen LogP contribution in [0.4, 0.5) is 15.8 Å². The van der Waals surface area contributed by atoms with E-state index in [1.165, 1.54) is 24.3 Å². The third-order valence-corrected chi connectivity index (χ3v) is 5.50. The molecule has 1 atom stereocenters. The van der Waals surface area contributed by atoms with Crippen LogP contribution in [0.3, 0.4) is 0 Å². The molecule has 1 aliphatic heterocycles. The third kappa shape index (κ3) is 4.97. The number of anilines is 1. The Kier molecular flexibility index (Phi) is 6.22. The van der Waals surface area contributed by atoms with E-state index in [0.29, 0.717) is 36.1 Å². The molecule has 3 aromatic rings. The number of likely N-dealkylation sites (tertiary alicyclic amines) is 1. The molecule has 1 aliphatic rings. The molecule has 0 aliphatic carbocycles. The number of non-ortho nitro benzene ring substituents is 1. The van der Waals surface area contributed by atoms with Gasteiger partial charge in [0.15, 0.2) is 0 Å². The Labute approximate surface area is 183 Å². The summed E-state index contributed by atoms with van der Waals surface area (Å²) in [6.07, 6.45) is 1.55. The lowest BCUT2D eigenvalue weighted by Crippen LogP contribution is -2.40. The van der Waals surface area contributed by atoms with Gasteiger partial charge in [0.05, 0.1) is 23.1 Å². The number of nitro groups is 1. The SMILES string of the molecule is Cc1ccc([N+](=O)[O-])cc1NC(=O)C1CCCN(Cc2nc(-c3ccc(F)cc3)no2)C1. The Balaban J connectivity index is 1.38. The Hall–Kier alpha value is -3.66. The summed E-state index contributed by atoms with van der Waals surface area (Å²) < 4.78 is 18.4. The summed E-state index contributed by atoms with van der Waals surface area (Å²) in [6, 6.07) is 10.3. The largest absolute Gasteiger partial charge is 0.338 e. The number of nitro benzene ring substituents is 1. The quantitative estimate of drug-likeness (QED) is 0.457. The summed E-state index contributed by atoms with van der Waals surface area (Å²) in [7, 11) is 0. The molecule has 2 heterocycles. The van der Waals surface area contributed by atoms with Gasteiger partial charge in [-0.2, -0.15) is 4.98 Å². The Morgan fingerprint density at radius 2 is 2.09 bits per heavy atom. The molecule has 1 fully saturated rings. The molecule has 1 unspecified atom stereocenters. The van der Waals surface area contributed by atoms with E-state index in [9.17, 15) is 19.3 Å². The summed E-state index contributed by atoms with van der Waals surface area (Å²) in [5.41, 5.74) is 1.80. The highest BCUT2D eigenvalue weighted by Crippen LogP contribution is 2.25. The van der Waals surface area contributed by atoms with Gasteiger partial charge in [0.1, 0.15) is 5.82 Å². The van der Waals surface area contributed by atoms with E-state index in [-0.39, 0.29) is 23.3 Å². The molecular weight excluding hydrogens is 417 g/mol. The Bertz CT molecular complexity index is 1130. The highest BCUT2D eigenvalue weighted by atomic mass is 19.1. The van der Waals surface area contributed by atoms with Crippen LogP contribution in [0, 0.1) is 28.8 Å². The fraction of sp³-hybridized carbons (Fsp3) is 0.318. The third-order valence-electron chi connectivity index (χ3n) is 5.50. The first kappa shape index (κ1) is 21.6. The Morgan fingerprint density at radius 3 is 2.84 bits per heavy atom. The van der Waals surface area contributed by atoms with Crippen molar-refractivity contribution in [2.75, 3.05) is 18.4 Å². The predicted molar refractivity (Wildman–Crippen MR) is 114 cm³/mol. The number of aromatic nitrogens is 2. The van der Waals surface area contributed by atoms with Crippen molar-refractivity contribution in [1.82, 2.24) is 15.0 Å². The van der Waals surface area contributed by atoms with Crippen LogP contribution in [0.2, 0.25) is 0 Å². The number of carbonyl (C=O) groups excluding carboxylic acids is 1. The normalized spacial score (nSPS) is 16.6. The number of benzene rings is 2. The molecule has 1 amide bonds. The van der Waals surface area contributed by atoms with Gasteiger partial charge in [-0.1, -0.05) is 11.2 Å². The molecule has 2 aromatic carbocycles. The molecule has 1 saturated heterocycles. The van der Waals surface area contributed by atoms with Crippen LogP contribution in [-0.2, 0) is 11.3 Å². The fourth-order valence-electron chi connectivity index (χ4n) is 3.73.